The first kappa shape index (κ1) is 26.9. The third-order valence-corrected chi connectivity index (χ3v) is 8.49. The zero-order valence-electron chi connectivity index (χ0n) is 19.7. The number of halogens is 1. The summed E-state index contributed by atoms with van der Waals surface area (Å²) in [6, 6.07) is 21.0. The molecule has 0 saturated carbocycles. The second kappa shape index (κ2) is 12.9. The van der Waals surface area contributed by atoms with Gasteiger partial charge in [-0.05, 0) is 55.0 Å². The van der Waals surface area contributed by atoms with Crippen LogP contribution in [-0.4, -0.2) is 40.3 Å². The van der Waals surface area contributed by atoms with E-state index in [0.717, 1.165) is 38.4 Å². The van der Waals surface area contributed by atoms with Gasteiger partial charge in [0.1, 0.15) is 12.3 Å². The van der Waals surface area contributed by atoms with Crippen molar-refractivity contribution in [2.45, 2.75) is 24.0 Å². The Kier molecular flexibility index (Phi) is 9.89. The number of carbonyl (C=O) groups excluding carboxylic acids is 1. The monoisotopic (exact) mass is 532 g/mol. The molecule has 1 amide bonds. The minimum atomic E-state index is -4.00. The first-order valence-corrected chi connectivity index (χ1v) is 14.1. The molecule has 0 radical (unpaired) electrons. The maximum atomic E-state index is 13.5. The number of methoxy groups -OCH3 is 1. The summed E-state index contributed by atoms with van der Waals surface area (Å²) in [4.78, 5) is 12.9. The van der Waals surface area contributed by atoms with E-state index in [0.29, 0.717) is 18.0 Å². The molecule has 0 bridgehead atoms. The fraction of sp³-hybridized carbons (Fsp3) is 0.269. The highest BCUT2D eigenvalue weighted by atomic mass is 35.5. The number of nitrogens with zero attached hydrogens (tertiary/aromatic N) is 1. The lowest BCUT2D eigenvalue weighted by Gasteiger charge is -2.25. The molecule has 6 nitrogen and oxygen atoms in total. The molecule has 0 aliphatic carbocycles. The highest BCUT2D eigenvalue weighted by Gasteiger charge is 2.29. The van der Waals surface area contributed by atoms with Crippen LogP contribution in [0.2, 0.25) is 5.02 Å². The van der Waals surface area contributed by atoms with Gasteiger partial charge in [0.15, 0.2) is 0 Å². The van der Waals surface area contributed by atoms with E-state index in [1.807, 2.05) is 31.2 Å². The predicted molar refractivity (Wildman–Crippen MR) is 144 cm³/mol. The average molecular weight is 533 g/mol. The highest BCUT2D eigenvalue weighted by Crippen LogP contribution is 2.32. The summed E-state index contributed by atoms with van der Waals surface area (Å²) >= 11 is 7.91. The summed E-state index contributed by atoms with van der Waals surface area (Å²) in [7, 11) is -2.53. The van der Waals surface area contributed by atoms with E-state index in [9.17, 15) is 13.2 Å². The van der Waals surface area contributed by atoms with Crippen LogP contribution in [0.5, 0.6) is 5.75 Å². The van der Waals surface area contributed by atoms with Crippen LogP contribution in [0.1, 0.15) is 17.5 Å². The van der Waals surface area contributed by atoms with Crippen molar-refractivity contribution in [3.63, 3.8) is 0 Å². The van der Waals surface area contributed by atoms with Gasteiger partial charge in [0.05, 0.1) is 17.7 Å². The van der Waals surface area contributed by atoms with Crippen LogP contribution in [0.3, 0.4) is 0 Å². The van der Waals surface area contributed by atoms with Gasteiger partial charge in [-0.1, -0.05) is 59.6 Å². The number of amides is 1. The molecule has 0 aliphatic heterocycles. The van der Waals surface area contributed by atoms with Crippen LogP contribution in [0, 0.1) is 6.92 Å². The number of nitrogens with one attached hydrogen (secondary N) is 1. The van der Waals surface area contributed by atoms with Crippen LogP contribution >= 0.6 is 23.4 Å². The number of ether oxygens (including phenoxy) is 1. The lowest BCUT2D eigenvalue weighted by Crippen LogP contribution is -2.41. The number of anilines is 1. The molecule has 0 unspecified atom stereocenters. The Morgan fingerprint density at radius 2 is 1.71 bits per heavy atom. The number of thioether (sulfide) groups is 1. The van der Waals surface area contributed by atoms with E-state index < -0.39 is 10.0 Å². The highest BCUT2D eigenvalue weighted by molar-refractivity contribution is 7.98. The third kappa shape index (κ3) is 7.40. The van der Waals surface area contributed by atoms with Gasteiger partial charge in [0.2, 0.25) is 5.91 Å². The quantitative estimate of drug-likeness (QED) is 0.321. The largest absolute Gasteiger partial charge is 0.495 e. The summed E-state index contributed by atoms with van der Waals surface area (Å²) in [6.45, 7) is 1.97. The Balaban J connectivity index is 1.63. The van der Waals surface area contributed by atoms with Gasteiger partial charge in [-0.2, -0.15) is 11.8 Å². The number of carbonyl (C=O) groups is 1. The third-order valence-electron chi connectivity index (χ3n) is 5.25. The Labute approximate surface area is 216 Å². The van der Waals surface area contributed by atoms with E-state index in [-0.39, 0.29) is 17.3 Å². The van der Waals surface area contributed by atoms with Crippen LogP contribution in [0.25, 0.3) is 0 Å². The Morgan fingerprint density at radius 3 is 2.43 bits per heavy atom. The molecule has 0 fully saturated rings. The standard InChI is InChI=1S/C26H29ClN2O4S2/c1-20-12-14-22(15-13-20)35(31,32)29(24-10-5-6-11-25(24)33-2)18-26(30)28-16-7-17-34-19-21-8-3-4-9-23(21)27/h3-6,8-15H,7,16-19H2,1-2H3,(H,28,30). The summed E-state index contributed by atoms with van der Waals surface area (Å²) in [5.74, 6) is 1.61. The fourth-order valence-electron chi connectivity index (χ4n) is 3.36. The normalized spacial score (nSPS) is 11.2. The molecule has 1 N–H and O–H groups in total. The summed E-state index contributed by atoms with van der Waals surface area (Å²) in [5, 5.41) is 3.59. The first-order chi connectivity index (χ1) is 16.8. The summed E-state index contributed by atoms with van der Waals surface area (Å²) in [5.41, 5.74) is 2.33. The van der Waals surface area contributed by atoms with Crippen molar-refractivity contribution in [3.8, 4) is 5.75 Å². The molecule has 9 heteroatoms. The van der Waals surface area contributed by atoms with Crippen molar-refractivity contribution in [1.29, 1.82) is 0 Å². The van der Waals surface area contributed by atoms with Gasteiger partial charge in [-0.25, -0.2) is 8.42 Å². The smallest absolute Gasteiger partial charge is 0.264 e. The molecule has 0 spiro atoms. The van der Waals surface area contributed by atoms with Crippen molar-refractivity contribution in [2.24, 2.45) is 0 Å². The van der Waals surface area contributed by atoms with Gasteiger partial charge < -0.3 is 10.1 Å². The predicted octanol–water partition coefficient (Wildman–Crippen LogP) is 5.29. The maximum Gasteiger partial charge on any atom is 0.264 e. The SMILES string of the molecule is COc1ccccc1N(CC(=O)NCCCSCc1ccccc1Cl)S(=O)(=O)c1ccc(C)cc1. The van der Waals surface area contributed by atoms with Crippen LogP contribution in [0.15, 0.2) is 77.7 Å². The molecule has 186 valence electrons. The lowest BCUT2D eigenvalue weighted by molar-refractivity contribution is -0.119. The zero-order chi connectivity index (χ0) is 25.3. The Morgan fingerprint density at radius 1 is 1.03 bits per heavy atom. The number of sulfonamides is 1. The number of hydrogen-bond donors (Lipinski definition) is 1. The molecule has 35 heavy (non-hydrogen) atoms. The van der Waals surface area contributed by atoms with Gasteiger partial charge in [0, 0.05) is 17.3 Å². The molecular weight excluding hydrogens is 504 g/mol. The zero-order valence-corrected chi connectivity index (χ0v) is 22.1. The molecule has 0 atom stereocenters. The molecule has 0 saturated heterocycles. The number of aryl methyl sites for hydroxylation is 1. The number of rotatable bonds is 12. The second-order valence-corrected chi connectivity index (χ2v) is 11.2. The molecule has 0 aromatic heterocycles. The summed E-state index contributed by atoms with van der Waals surface area (Å²) < 4.78 is 33.5. The summed E-state index contributed by atoms with van der Waals surface area (Å²) in [6.07, 6.45) is 0.750. The second-order valence-electron chi connectivity index (χ2n) is 7.84. The molecule has 3 rings (SSSR count). The van der Waals surface area contributed by atoms with Gasteiger partial charge in [-0.15, -0.1) is 0 Å². The van der Waals surface area contributed by atoms with E-state index in [4.69, 9.17) is 16.3 Å². The lowest BCUT2D eigenvalue weighted by atomic mass is 10.2. The number of benzene rings is 3. The number of para-hydroxylation sites is 2. The van der Waals surface area contributed by atoms with Gasteiger partial charge in [-0.3, -0.25) is 9.10 Å². The van der Waals surface area contributed by atoms with Crippen LogP contribution in [0.4, 0.5) is 5.69 Å². The average Bonchev–Trinajstić information content (AvgIpc) is 2.86. The van der Waals surface area contributed by atoms with E-state index in [2.05, 4.69) is 5.32 Å². The fourth-order valence-corrected chi connectivity index (χ4v) is 6.04. The minimum absolute atomic E-state index is 0.109. The molecule has 3 aromatic carbocycles. The molecule has 0 heterocycles. The van der Waals surface area contributed by atoms with Gasteiger partial charge >= 0.3 is 0 Å². The van der Waals surface area contributed by atoms with Crippen LogP contribution in [-0.2, 0) is 20.6 Å². The molecule has 0 aliphatic rings. The van der Waals surface area contributed by atoms with Crippen molar-refractivity contribution in [1.82, 2.24) is 5.32 Å². The van der Waals surface area contributed by atoms with E-state index in [1.165, 1.54) is 7.11 Å². The van der Waals surface area contributed by atoms with E-state index >= 15 is 0 Å². The maximum absolute atomic E-state index is 13.5. The van der Waals surface area contributed by atoms with Crippen molar-refractivity contribution >= 4 is 45.0 Å². The molecular formula is C26H29ClN2O4S2. The Hall–Kier alpha value is -2.68. The van der Waals surface area contributed by atoms with E-state index in [1.54, 1.807) is 60.3 Å². The van der Waals surface area contributed by atoms with Crippen molar-refractivity contribution < 1.29 is 17.9 Å². The van der Waals surface area contributed by atoms with Crippen molar-refractivity contribution in [2.75, 3.05) is 30.3 Å². The number of hydrogen-bond acceptors (Lipinski definition) is 5. The minimum Gasteiger partial charge on any atom is -0.495 e. The first-order valence-electron chi connectivity index (χ1n) is 11.1. The Bertz CT molecular complexity index is 1230. The van der Waals surface area contributed by atoms with Crippen LogP contribution < -0.4 is 14.4 Å². The topological polar surface area (TPSA) is 75.7 Å². The van der Waals surface area contributed by atoms with Gasteiger partial charge in [0.25, 0.3) is 10.0 Å². The van der Waals surface area contributed by atoms with Crippen molar-refractivity contribution in [3.05, 3.63) is 88.9 Å². The molecule has 3 aromatic rings.